The SMILES string of the molecule is [2H]c1c([2H])c(NC([2H])([2H])c2c([2H])c([2H])c(C([2H])([2H])N3C([2H])([2H])C([2H])([2H])OC([2H])([2H])C3([2H])[2H])c([2H])c2[2H])c2c(c1[2H])C(=O)N([C@@]1([2H])CCC(=O)NC1=O)C2([2H])[2H]. The van der Waals surface area contributed by atoms with Crippen LogP contribution in [0.3, 0.4) is 0 Å². The first-order valence-corrected chi connectivity index (χ1v) is 9.32. The molecule has 3 heterocycles. The Morgan fingerprint density at radius 1 is 1.15 bits per heavy atom. The van der Waals surface area contributed by atoms with Crippen LogP contribution in [-0.4, -0.2) is 59.7 Å². The van der Waals surface area contributed by atoms with Crippen molar-refractivity contribution >= 4 is 23.4 Å². The highest BCUT2D eigenvalue weighted by Gasteiger charge is 2.39. The van der Waals surface area contributed by atoms with Gasteiger partial charge in [0.1, 0.15) is 6.02 Å². The predicted octanol–water partition coefficient (Wildman–Crippen LogP) is 1.89. The largest absolute Gasteiger partial charge is 0.381 e. The number of piperidine rings is 1. The van der Waals surface area contributed by atoms with Crippen molar-refractivity contribution in [3.63, 3.8) is 0 Å². The third-order valence-corrected chi connectivity index (χ3v) is 4.47. The second-order valence-corrected chi connectivity index (χ2v) is 6.55. The molecular weight excluding hydrogens is 420 g/mol. The predicted molar refractivity (Wildman–Crippen MR) is 122 cm³/mol. The summed E-state index contributed by atoms with van der Waals surface area (Å²) in [5.74, 6) is -3.81. The number of amides is 3. The Morgan fingerprint density at radius 2 is 1.91 bits per heavy atom. The maximum atomic E-state index is 13.7. The summed E-state index contributed by atoms with van der Waals surface area (Å²) in [5.41, 5.74) is -5.97. The molecule has 0 radical (unpaired) electrons. The second-order valence-electron chi connectivity index (χ2n) is 6.55. The van der Waals surface area contributed by atoms with Gasteiger partial charge in [-0.3, -0.25) is 24.6 Å². The van der Waals surface area contributed by atoms with Crippen LogP contribution < -0.4 is 10.6 Å². The maximum Gasteiger partial charge on any atom is 0.255 e. The fourth-order valence-corrected chi connectivity index (χ4v) is 2.97. The second kappa shape index (κ2) is 9.33. The highest BCUT2D eigenvalue weighted by molar-refractivity contribution is 6.06. The van der Waals surface area contributed by atoms with Crippen molar-refractivity contribution < 1.29 is 49.3 Å². The first-order valence-electron chi connectivity index (χ1n) is 20.3. The molecule has 0 bridgehead atoms. The Balaban J connectivity index is 1.69. The van der Waals surface area contributed by atoms with Crippen LogP contribution in [0.1, 0.15) is 70.0 Å². The standard InChI is InChI=1S/C25H28N4O4/c30-23-9-8-22(24(31)27-23)29-16-20-19(25(29)32)2-1-3-21(20)26-14-17-4-6-18(7-5-17)15-28-10-12-33-13-11-28/h1-7,22,26H,8-16H2,(H,27,30,31)/t22-/m0/s1/i1D,2D,3D,4D,5D,6D,7D,10D2,11D2,12D2,13D2,14D2,15D2,16D2,22D. The number of nitrogens with one attached hydrogen (secondary N) is 2. The summed E-state index contributed by atoms with van der Waals surface area (Å²) in [6.45, 7) is -26.3. The average Bonchev–Trinajstić information content (AvgIpc) is 3.22. The highest BCUT2D eigenvalue weighted by atomic mass is 16.5. The van der Waals surface area contributed by atoms with Gasteiger partial charge in [0.15, 0.2) is 0 Å². The fraction of sp³-hybridized carbons (Fsp3) is 0.400. The van der Waals surface area contributed by atoms with Gasteiger partial charge < -0.3 is 15.0 Å². The fourth-order valence-electron chi connectivity index (χ4n) is 2.97. The third-order valence-electron chi connectivity index (χ3n) is 4.47. The number of hydrogen-bond donors (Lipinski definition) is 2. The molecule has 2 aromatic carbocycles. The number of rotatable bonds is 6. The number of fused-ring (bicyclic) bond motifs is 1. The molecule has 1 atom stereocenters. The summed E-state index contributed by atoms with van der Waals surface area (Å²) in [6.07, 6.45) is -1.26. The molecule has 3 aliphatic heterocycles. The van der Waals surface area contributed by atoms with Crippen LogP contribution in [0.25, 0.3) is 0 Å². The lowest BCUT2D eigenvalue weighted by atomic mass is 10.0. The summed E-state index contributed by atoms with van der Waals surface area (Å²) < 4.78 is 190. The van der Waals surface area contributed by atoms with E-state index in [-0.39, 0.29) is 4.90 Å². The molecule has 0 saturated carbocycles. The van der Waals surface area contributed by atoms with Gasteiger partial charge in [0.2, 0.25) is 11.8 Å². The van der Waals surface area contributed by atoms with E-state index >= 15 is 0 Å². The molecule has 0 unspecified atom stereocenters. The molecule has 2 saturated heterocycles. The molecule has 3 aliphatic rings. The molecule has 0 spiro atoms. The number of morpholine rings is 1. The van der Waals surface area contributed by atoms with E-state index in [1.165, 1.54) is 0 Å². The van der Waals surface area contributed by atoms with Gasteiger partial charge in [-0.15, -0.1) is 0 Å². The van der Waals surface area contributed by atoms with Gasteiger partial charge in [-0.2, -0.15) is 0 Å². The van der Waals surface area contributed by atoms with Crippen molar-refractivity contribution in [3.8, 4) is 0 Å². The van der Waals surface area contributed by atoms with Crippen LogP contribution in [-0.2, 0) is 33.8 Å². The molecule has 0 aromatic heterocycles. The molecule has 0 aliphatic carbocycles. The lowest BCUT2D eigenvalue weighted by Crippen LogP contribution is -2.52. The van der Waals surface area contributed by atoms with E-state index in [1.807, 2.05) is 5.32 Å². The Bertz CT molecular complexity index is 2020. The molecule has 2 aromatic rings. The van der Waals surface area contributed by atoms with Gasteiger partial charge in [0.05, 0.1) is 35.1 Å². The van der Waals surface area contributed by atoms with E-state index in [9.17, 15) is 14.4 Å². The average molecular weight is 471 g/mol. The van der Waals surface area contributed by atoms with Crippen molar-refractivity contribution in [3.05, 3.63) is 64.6 Å². The van der Waals surface area contributed by atoms with E-state index < -0.39 is 157 Å². The van der Waals surface area contributed by atoms with Crippen molar-refractivity contribution in [2.45, 2.75) is 38.4 Å². The first-order chi connectivity index (χ1) is 24.6. The summed E-state index contributed by atoms with van der Waals surface area (Å²) in [6, 6.07) is -12.1. The molecule has 5 rings (SSSR count). The zero-order valence-corrected chi connectivity index (χ0v) is 16.4. The Hall–Kier alpha value is -3.23. The Kier molecular flexibility index (Phi) is 2.24. The summed E-state index contributed by atoms with van der Waals surface area (Å²) in [7, 11) is 0. The number of anilines is 1. The molecule has 33 heavy (non-hydrogen) atoms. The summed E-state index contributed by atoms with van der Waals surface area (Å²) in [4.78, 5) is 37.7. The van der Waals surface area contributed by atoms with Gasteiger partial charge >= 0.3 is 0 Å². The Labute approximate surface area is 223 Å². The maximum absolute atomic E-state index is 13.7. The van der Waals surface area contributed by atoms with Crippen molar-refractivity contribution in [1.82, 2.24) is 15.1 Å². The molecule has 8 nitrogen and oxygen atoms in total. The quantitative estimate of drug-likeness (QED) is 0.627. The number of imide groups is 1. The zero-order valence-electron chi connectivity index (χ0n) is 38.4. The van der Waals surface area contributed by atoms with Crippen molar-refractivity contribution in [2.24, 2.45) is 0 Å². The summed E-state index contributed by atoms with van der Waals surface area (Å²) in [5, 5.41) is 3.77. The molecule has 8 heteroatoms. The van der Waals surface area contributed by atoms with Crippen LogP contribution in [0.2, 0.25) is 0 Å². The number of carbonyl (C=O) groups is 3. The minimum Gasteiger partial charge on any atom is -0.381 e. The van der Waals surface area contributed by atoms with Gasteiger partial charge in [-0.1, -0.05) is 30.2 Å². The number of nitrogens with zero attached hydrogens (tertiary/aromatic N) is 2. The van der Waals surface area contributed by atoms with Gasteiger partial charge in [0.25, 0.3) is 5.91 Å². The van der Waals surface area contributed by atoms with Gasteiger partial charge in [-0.05, 0) is 29.6 Å². The first kappa shape index (κ1) is 7.92. The zero-order chi connectivity index (χ0) is 42.4. The molecular formula is C25H28N4O4. The minimum atomic E-state index is -3.97. The molecule has 172 valence electrons. The van der Waals surface area contributed by atoms with E-state index in [2.05, 4.69) is 4.74 Å². The molecule has 2 N–H and O–H groups in total. The monoisotopic (exact) mass is 470 g/mol. The van der Waals surface area contributed by atoms with Crippen LogP contribution >= 0.6 is 0 Å². The van der Waals surface area contributed by atoms with Gasteiger partial charge in [-0.25, -0.2) is 0 Å². The highest BCUT2D eigenvalue weighted by Crippen LogP contribution is 2.32. The smallest absolute Gasteiger partial charge is 0.255 e. The minimum absolute atomic E-state index is 0.0460. The van der Waals surface area contributed by atoms with Crippen molar-refractivity contribution in [1.29, 1.82) is 0 Å². The van der Waals surface area contributed by atoms with E-state index in [4.69, 9.17) is 30.2 Å². The normalized spacial score (nSPS) is 41.6. The van der Waals surface area contributed by atoms with Gasteiger partial charge in [0, 0.05) is 63.9 Å². The van der Waals surface area contributed by atoms with E-state index in [0.29, 0.717) is 0 Å². The van der Waals surface area contributed by atoms with Crippen LogP contribution in [0.5, 0.6) is 0 Å². The van der Waals surface area contributed by atoms with Crippen LogP contribution in [0, 0.1) is 0 Å². The third kappa shape index (κ3) is 4.62. The molecule has 2 fully saturated rings. The topological polar surface area (TPSA) is 91.0 Å². The number of benzene rings is 2. The number of hydrogen-bond acceptors (Lipinski definition) is 6. The van der Waals surface area contributed by atoms with Crippen LogP contribution in [0.15, 0.2) is 42.3 Å². The van der Waals surface area contributed by atoms with E-state index in [1.54, 1.807) is 5.32 Å². The lowest BCUT2D eigenvalue weighted by Gasteiger charge is -2.29. The number of carbonyl (C=O) groups excluding carboxylic acids is 3. The van der Waals surface area contributed by atoms with Crippen molar-refractivity contribution in [2.75, 3.05) is 31.4 Å². The number of ether oxygens (including phenoxy) is 1. The lowest BCUT2D eigenvalue weighted by molar-refractivity contribution is -0.136. The van der Waals surface area contributed by atoms with E-state index in [0.717, 1.165) is 0 Å². The Morgan fingerprint density at radius 3 is 2.67 bits per heavy atom. The van der Waals surface area contributed by atoms with Crippen LogP contribution in [0.4, 0.5) is 5.69 Å². The molecule has 3 amide bonds. The summed E-state index contributed by atoms with van der Waals surface area (Å²) >= 11 is 0.